The van der Waals surface area contributed by atoms with Crippen LogP contribution in [0, 0.1) is 15.9 Å². The van der Waals surface area contributed by atoms with E-state index in [1.807, 2.05) is 0 Å². The highest BCUT2D eigenvalue weighted by atomic mass is 19.1. The van der Waals surface area contributed by atoms with Gasteiger partial charge in [-0.05, 0) is 50.3 Å². The van der Waals surface area contributed by atoms with Gasteiger partial charge >= 0.3 is 0 Å². The van der Waals surface area contributed by atoms with Gasteiger partial charge in [0.25, 0.3) is 0 Å². The summed E-state index contributed by atoms with van der Waals surface area (Å²) in [4.78, 5) is 12.1. The third-order valence-corrected chi connectivity index (χ3v) is 4.33. The van der Waals surface area contributed by atoms with E-state index in [1.54, 1.807) is 6.07 Å². The molecule has 0 bridgehead atoms. The van der Waals surface area contributed by atoms with Gasteiger partial charge in [-0.3, -0.25) is 10.1 Å². The zero-order valence-corrected chi connectivity index (χ0v) is 13.6. The summed E-state index contributed by atoms with van der Waals surface area (Å²) in [5.41, 5.74) is 2.24. The summed E-state index contributed by atoms with van der Waals surface area (Å²) in [6, 6.07) is 3.29. The van der Waals surface area contributed by atoms with Gasteiger partial charge in [0.1, 0.15) is 5.82 Å². The zero-order valence-electron chi connectivity index (χ0n) is 13.6. The summed E-state index contributed by atoms with van der Waals surface area (Å²) in [6.45, 7) is 9.47. The van der Waals surface area contributed by atoms with Gasteiger partial charge in [0.2, 0.25) is 6.20 Å². The Bertz CT molecular complexity index is 611. The van der Waals surface area contributed by atoms with E-state index in [0.717, 1.165) is 36.8 Å². The van der Waals surface area contributed by atoms with Crippen LogP contribution in [0.1, 0.15) is 57.6 Å². The first-order valence-electron chi connectivity index (χ1n) is 7.69. The number of rotatable bonds is 4. The molecule has 1 aliphatic heterocycles. The lowest BCUT2D eigenvalue weighted by molar-refractivity contribution is -0.400. The van der Waals surface area contributed by atoms with E-state index >= 15 is 0 Å². The maximum atomic E-state index is 14.3. The standard InChI is InChI=1S/C17H23FN2O2/c1-5-7-19-16-10-15(18)13(6-8-20(21)22)9-14(16)12(2)11-17(19,3)4/h6,8-10,12H,5,7,11H2,1-4H3/b8-6+. The fraction of sp³-hybridized carbons (Fsp3) is 0.529. The van der Waals surface area contributed by atoms with E-state index in [9.17, 15) is 14.5 Å². The van der Waals surface area contributed by atoms with Crippen LogP contribution in [0.4, 0.5) is 10.1 Å². The van der Waals surface area contributed by atoms with E-state index in [-0.39, 0.29) is 11.1 Å². The number of hydrogen-bond acceptors (Lipinski definition) is 3. The van der Waals surface area contributed by atoms with Gasteiger partial charge in [-0.15, -0.1) is 0 Å². The first-order chi connectivity index (χ1) is 10.3. The molecule has 0 saturated heterocycles. The van der Waals surface area contributed by atoms with Gasteiger partial charge in [-0.2, -0.15) is 0 Å². The van der Waals surface area contributed by atoms with E-state index in [1.165, 1.54) is 12.1 Å². The maximum Gasteiger partial charge on any atom is 0.235 e. The fourth-order valence-electron chi connectivity index (χ4n) is 3.44. The molecule has 0 N–H and O–H groups in total. The average Bonchev–Trinajstić information content (AvgIpc) is 2.41. The second kappa shape index (κ2) is 6.07. The van der Waals surface area contributed by atoms with Crippen LogP contribution in [-0.2, 0) is 0 Å². The molecule has 1 aromatic carbocycles. The lowest BCUT2D eigenvalue weighted by Crippen LogP contribution is -2.48. The Morgan fingerprint density at radius 2 is 2.18 bits per heavy atom. The summed E-state index contributed by atoms with van der Waals surface area (Å²) in [7, 11) is 0. The molecule has 1 aliphatic rings. The normalized spacial score (nSPS) is 20.2. The number of fused-ring (bicyclic) bond motifs is 1. The Kier molecular flexibility index (Phi) is 4.54. The highest BCUT2D eigenvalue weighted by Crippen LogP contribution is 2.44. The van der Waals surface area contributed by atoms with Crippen molar-refractivity contribution in [2.75, 3.05) is 11.4 Å². The first-order valence-corrected chi connectivity index (χ1v) is 7.69. The van der Waals surface area contributed by atoms with Crippen molar-refractivity contribution in [2.24, 2.45) is 0 Å². The van der Waals surface area contributed by atoms with Crippen molar-refractivity contribution in [2.45, 2.75) is 52.0 Å². The minimum atomic E-state index is -0.575. The van der Waals surface area contributed by atoms with E-state index < -0.39 is 10.7 Å². The number of hydrogen-bond donors (Lipinski definition) is 0. The number of nitro groups is 1. The largest absolute Gasteiger partial charge is 0.366 e. The Morgan fingerprint density at radius 1 is 1.50 bits per heavy atom. The van der Waals surface area contributed by atoms with Crippen LogP contribution in [0.2, 0.25) is 0 Å². The molecule has 1 aromatic rings. The second-order valence-electron chi connectivity index (χ2n) is 6.60. The van der Waals surface area contributed by atoms with Gasteiger partial charge in [-0.25, -0.2) is 4.39 Å². The minimum Gasteiger partial charge on any atom is -0.366 e. The predicted octanol–water partition coefficient (Wildman–Crippen LogP) is 4.58. The molecule has 0 radical (unpaired) electrons. The third-order valence-electron chi connectivity index (χ3n) is 4.33. The molecule has 1 atom stereocenters. The number of nitrogens with zero attached hydrogens (tertiary/aromatic N) is 2. The molecule has 0 spiro atoms. The van der Waals surface area contributed by atoms with Gasteiger partial charge < -0.3 is 4.90 Å². The molecule has 0 saturated carbocycles. The van der Waals surface area contributed by atoms with Crippen LogP contribution in [0.5, 0.6) is 0 Å². The molecule has 22 heavy (non-hydrogen) atoms. The van der Waals surface area contributed by atoms with Crippen LogP contribution in [0.3, 0.4) is 0 Å². The molecular formula is C17H23FN2O2. The molecule has 1 heterocycles. The topological polar surface area (TPSA) is 46.4 Å². The Morgan fingerprint density at radius 3 is 2.77 bits per heavy atom. The molecule has 1 unspecified atom stereocenters. The summed E-state index contributed by atoms with van der Waals surface area (Å²) in [5.74, 6) is -0.121. The van der Waals surface area contributed by atoms with Gasteiger partial charge in [0, 0.05) is 29.4 Å². The molecule has 0 aromatic heterocycles. The molecule has 120 valence electrons. The minimum absolute atomic E-state index is 0.0208. The van der Waals surface area contributed by atoms with Gasteiger partial charge in [0.15, 0.2) is 0 Å². The average molecular weight is 306 g/mol. The summed E-state index contributed by atoms with van der Waals surface area (Å²) >= 11 is 0. The van der Waals surface area contributed by atoms with Crippen LogP contribution in [0.15, 0.2) is 18.3 Å². The molecule has 2 rings (SSSR count). The molecule has 0 fully saturated rings. The van der Waals surface area contributed by atoms with Crippen LogP contribution < -0.4 is 4.90 Å². The summed E-state index contributed by atoms with van der Waals surface area (Å²) < 4.78 is 14.3. The first kappa shape index (κ1) is 16.5. The second-order valence-corrected chi connectivity index (χ2v) is 6.60. The summed E-state index contributed by atoms with van der Waals surface area (Å²) in [5, 5.41) is 10.4. The Hall–Kier alpha value is -1.91. The smallest absolute Gasteiger partial charge is 0.235 e. The maximum absolute atomic E-state index is 14.3. The molecule has 4 nitrogen and oxygen atoms in total. The molecule has 0 aliphatic carbocycles. The Balaban J connectivity index is 2.52. The quantitative estimate of drug-likeness (QED) is 0.604. The third kappa shape index (κ3) is 3.13. The molecular weight excluding hydrogens is 283 g/mol. The van der Waals surface area contributed by atoms with Crippen molar-refractivity contribution >= 4 is 11.8 Å². The van der Waals surface area contributed by atoms with Crippen molar-refractivity contribution in [1.82, 2.24) is 0 Å². The monoisotopic (exact) mass is 306 g/mol. The number of benzene rings is 1. The lowest BCUT2D eigenvalue weighted by atomic mass is 9.79. The lowest BCUT2D eigenvalue weighted by Gasteiger charge is -2.47. The molecule has 0 amide bonds. The highest BCUT2D eigenvalue weighted by Gasteiger charge is 2.36. The Labute approximate surface area is 130 Å². The predicted molar refractivity (Wildman–Crippen MR) is 87.2 cm³/mol. The highest BCUT2D eigenvalue weighted by molar-refractivity contribution is 5.65. The van der Waals surface area contributed by atoms with Crippen molar-refractivity contribution < 1.29 is 9.31 Å². The van der Waals surface area contributed by atoms with Gasteiger partial charge in [-0.1, -0.05) is 13.8 Å². The van der Waals surface area contributed by atoms with E-state index in [2.05, 4.69) is 32.6 Å². The van der Waals surface area contributed by atoms with Crippen LogP contribution >= 0.6 is 0 Å². The van der Waals surface area contributed by atoms with Crippen LogP contribution in [0.25, 0.3) is 6.08 Å². The van der Waals surface area contributed by atoms with Crippen LogP contribution in [-0.4, -0.2) is 17.0 Å². The van der Waals surface area contributed by atoms with Crippen molar-refractivity contribution in [1.29, 1.82) is 0 Å². The number of anilines is 1. The van der Waals surface area contributed by atoms with E-state index in [4.69, 9.17) is 0 Å². The van der Waals surface area contributed by atoms with Gasteiger partial charge in [0.05, 0.1) is 4.92 Å². The molecule has 5 heteroatoms. The zero-order chi connectivity index (χ0) is 16.5. The SMILES string of the molecule is CCCN1c2cc(F)c(/C=C/[N+](=O)[O-])cc2C(C)CC1(C)C. The summed E-state index contributed by atoms with van der Waals surface area (Å²) in [6.07, 6.45) is 3.98. The van der Waals surface area contributed by atoms with E-state index in [0.29, 0.717) is 5.92 Å². The fourth-order valence-corrected chi connectivity index (χ4v) is 3.44. The van der Waals surface area contributed by atoms with Crippen molar-refractivity contribution in [3.63, 3.8) is 0 Å². The van der Waals surface area contributed by atoms with Crippen molar-refractivity contribution in [3.8, 4) is 0 Å². The van der Waals surface area contributed by atoms with Crippen molar-refractivity contribution in [3.05, 3.63) is 45.4 Å². The number of halogens is 1.